The summed E-state index contributed by atoms with van der Waals surface area (Å²) in [5, 5.41) is 4.46. The van der Waals surface area contributed by atoms with Gasteiger partial charge in [0.05, 0.1) is 0 Å². The first kappa shape index (κ1) is 19.6. The fourth-order valence-electron chi connectivity index (χ4n) is 2.33. The smallest absolute Gasteiger partial charge is 0.271 e. The lowest BCUT2D eigenvalue weighted by Crippen LogP contribution is -2.23. The van der Waals surface area contributed by atoms with Gasteiger partial charge in [-0.2, -0.15) is 0 Å². The van der Waals surface area contributed by atoms with Crippen molar-refractivity contribution in [1.82, 2.24) is 10.3 Å². The van der Waals surface area contributed by atoms with Gasteiger partial charge in [0.15, 0.2) is 0 Å². The summed E-state index contributed by atoms with van der Waals surface area (Å²) in [6, 6.07) is 7.11. The maximum Gasteiger partial charge on any atom is 0.271 e. The quantitative estimate of drug-likeness (QED) is 0.580. The minimum Gasteiger partial charge on any atom is -0.489 e. The van der Waals surface area contributed by atoms with Crippen molar-refractivity contribution >= 4 is 17.2 Å². The molecule has 0 fully saturated rings. The number of benzene rings is 2. The Labute approximate surface area is 163 Å². The summed E-state index contributed by atoms with van der Waals surface area (Å²) in [6.07, 6.45) is 1.54. The fourth-order valence-corrected chi connectivity index (χ4v) is 3.16. The molecule has 2 aromatic carbocycles. The summed E-state index contributed by atoms with van der Waals surface area (Å²) in [5.74, 6) is -2.02. The number of halogens is 3. The Morgan fingerprint density at radius 1 is 1.18 bits per heavy atom. The molecule has 0 radical (unpaired) electrons. The summed E-state index contributed by atoms with van der Waals surface area (Å²) in [6.45, 7) is 3.57. The molecule has 0 atom stereocenters. The Morgan fingerprint density at radius 3 is 2.75 bits per heavy atom. The average Bonchev–Trinajstić information content (AvgIpc) is 3.17. The van der Waals surface area contributed by atoms with Gasteiger partial charge in [0.2, 0.25) is 0 Å². The van der Waals surface area contributed by atoms with E-state index in [1.54, 1.807) is 6.08 Å². The zero-order chi connectivity index (χ0) is 20.1. The molecule has 0 unspecified atom stereocenters. The van der Waals surface area contributed by atoms with Crippen LogP contribution in [0, 0.1) is 17.5 Å². The molecule has 144 valence electrons. The second-order valence-corrected chi connectivity index (χ2v) is 6.56. The average molecular weight is 404 g/mol. The Balaban J connectivity index is 1.72. The maximum absolute atomic E-state index is 14.5. The number of nitrogens with one attached hydrogen (secondary N) is 1. The van der Waals surface area contributed by atoms with Crippen LogP contribution in [0.15, 0.2) is 54.4 Å². The Morgan fingerprint density at radius 2 is 2.00 bits per heavy atom. The molecule has 0 bridgehead atoms. The molecule has 1 amide bonds. The van der Waals surface area contributed by atoms with Gasteiger partial charge in [-0.3, -0.25) is 4.79 Å². The zero-order valence-corrected chi connectivity index (χ0v) is 15.4. The first-order valence-corrected chi connectivity index (χ1v) is 9.07. The summed E-state index contributed by atoms with van der Waals surface area (Å²) in [7, 11) is 0. The Kier molecular flexibility index (Phi) is 6.10. The number of ether oxygens (including phenoxy) is 1. The topological polar surface area (TPSA) is 51.2 Å². The van der Waals surface area contributed by atoms with Crippen LogP contribution in [0.2, 0.25) is 0 Å². The largest absolute Gasteiger partial charge is 0.489 e. The first-order chi connectivity index (χ1) is 13.5. The molecular weight excluding hydrogens is 389 g/mol. The normalized spacial score (nSPS) is 10.5. The van der Waals surface area contributed by atoms with Crippen LogP contribution in [-0.4, -0.2) is 17.4 Å². The highest BCUT2D eigenvalue weighted by Crippen LogP contribution is 2.29. The number of carbonyl (C=O) groups is 1. The van der Waals surface area contributed by atoms with Crippen molar-refractivity contribution in [1.29, 1.82) is 0 Å². The summed E-state index contributed by atoms with van der Waals surface area (Å²) < 4.78 is 46.6. The van der Waals surface area contributed by atoms with Crippen LogP contribution in [0.3, 0.4) is 0 Å². The second kappa shape index (κ2) is 8.71. The van der Waals surface area contributed by atoms with Gasteiger partial charge in [-0.15, -0.1) is 17.9 Å². The maximum atomic E-state index is 14.5. The molecule has 1 N–H and O–H groups in total. The molecule has 0 saturated carbocycles. The van der Waals surface area contributed by atoms with Gasteiger partial charge in [-0.1, -0.05) is 6.08 Å². The highest BCUT2D eigenvalue weighted by atomic mass is 32.1. The highest BCUT2D eigenvalue weighted by molar-refractivity contribution is 7.13. The number of amides is 1. The molecular formula is C20H15F3N2O2S. The van der Waals surface area contributed by atoms with Crippen molar-refractivity contribution < 1.29 is 22.7 Å². The molecule has 0 saturated heterocycles. The number of rotatable bonds is 7. The van der Waals surface area contributed by atoms with Crippen LogP contribution in [0.5, 0.6) is 5.75 Å². The Bertz CT molecular complexity index is 1020. The van der Waals surface area contributed by atoms with Crippen molar-refractivity contribution in [2.24, 2.45) is 0 Å². The van der Waals surface area contributed by atoms with E-state index >= 15 is 0 Å². The number of thiazole rings is 1. The van der Waals surface area contributed by atoms with Crippen molar-refractivity contribution in [3.05, 3.63) is 83.1 Å². The predicted octanol–water partition coefficient (Wildman–Crippen LogP) is 4.72. The molecule has 28 heavy (non-hydrogen) atoms. The van der Waals surface area contributed by atoms with Crippen LogP contribution >= 0.6 is 11.3 Å². The molecule has 1 aromatic heterocycles. The number of nitrogens with zero attached hydrogens (tertiary/aromatic N) is 1. The van der Waals surface area contributed by atoms with Crippen LogP contribution in [0.1, 0.15) is 16.1 Å². The van der Waals surface area contributed by atoms with Crippen molar-refractivity contribution in [2.45, 2.75) is 6.61 Å². The molecule has 3 aromatic rings. The van der Waals surface area contributed by atoms with Crippen molar-refractivity contribution in [3.63, 3.8) is 0 Å². The van der Waals surface area contributed by atoms with Gasteiger partial charge in [0.1, 0.15) is 40.5 Å². The Hall–Kier alpha value is -3.13. The molecule has 0 aliphatic heterocycles. The number of aromatic nitrogens is 1. The molecule has 4 nitrogen and oxygen atoms in total. The lowest BCUT2D eigenvalue weighted by atomic mass is 10.2. The lowest BCUT2D eigenvalue weighted by Gasteiger charge is -2.08. The van der Waals surface area contributed by atoms with Crippen LogP contribution in [0.25, 0.3) is 10.6 Å². The molecule has 0 spiro atoms. The van der Waals surface area contributed by atoms with Crippen LogP contribution in [-0.2, 0) is 6.61 Å². The molecule has 0 aliphatic rings. The van der Waals surface area contributed by atoms with E-state index in [0.717, 1.165) is 35.6 Å². The van der Waals surface area contributed by atoms with Gasteiger partial charge in [-0.25, -0.2) is 18.2 Å². The SMILES string of the molecule is C=CCNC(=O)c1csc(-c2ccc(OCc3cc(F)ccc3F)cc2F)n1. The van der Waals surface area contributed by atoms with Gasteiger partial charge in [0.25, 0.3) is 5.91 Å². The van der Waals surface area contributed by atoms with E-state index in [2.05, 4.69) is 16.9 Å². The van der Waals surface area contributed by atoms with Gasteiger partial charge in [-0.05, 0) is 30.3 Å². The third kappa shape index (κ3) is 4.58. The molecule has 0 aliphatic carbocycles. The van der Waals surface area contributed by atoms with Crippen molar-refractivity contribution in [3.8, 4) is 16.3 Å². The standard InChI is InChI=1S/C20H15F3N2O2S/c1-2-7-24-19(26)18-11-28-20(25-18)15-5-4-14(9-17(15)23)27-10-12-8-13(21)3-6-16(12)22/h2-6,8-9,11H,1,7,10H2,(H,24,26). The van der Waals surface area contributed by atoms with Gasteiger partial charge < -0.3 is 10.1 Å². The van der Waals surface area contributed by atoms with E-state index in [1.165, 1.54) is 17.5 Å². The summed E-state index contributed by atoms with van der Waals surface area (Å²) in [4.78, 5) is 16.0. The highest BCUT2D eigenvalue weighted by Gasteiger charge is 2.15. The number of hydrogen-bond acceptors (Lipinski definition) is 4. The second-order valence-electron chi connectivity index (χ2n) is 5.70. The summed E-state index contributed by atoms with van der Waals surface area (Å²) in [5.41, 5.74) is 0.416. The van der Waals surface area contributed by atoms with Crippen LogP contribution in [0.4, 0.5) is 13.2 Å². The monoisotopic (exact) mass is 404 g/mol. The van der Waals surface area contributed by atoms with E-state index in [0.29, 0.717) is 11.6 Å². The zero-order valence-electron chi connectivity index (χ0n) is 14.5. The minimum atomic E-state index is -0.608. The van der Waals surface area contributed by atoms with Crippen LogP contribution < -0.4 is 10.1 Å². The molecule has 1 heterocycles. The third-order valence-electron chi connectivity index (χ3n) is 3.72. The van der Waals surface area contributed by atoms with E-state index in [-0.39, 0.29) is 35.1 Å². The molecule has 3 rings (SSSR count). The fraction of sp³-hybridized carbons (Fsp3) is 0.100. The predicted molar refractivity (Wildman–Crippen MR) is 101 cm³/mol. The van der Waals surface area contributed by atoms with Gasteiger partial charge >= 0.3 is 0 Å². The summed E-state index contributed by atoms with van der Waals surface area (Å²) >= 11 is 1.13. The minimum absolute atomic E-state index is 0.0274. The number of carbonyl (C=O) groups excluding carboxylic acids is 1. The van der Waals surface area contributed by atoms with E-state index in [9.17, 15) is 18.0 Å². The van der Waals surface area contributed by atoms with E-state index in [4.69, 9.17) is 4.74 Å². The molecule has 8 heteroatoms. The first-order valence-electron chi connectivity index (χ1n) is 8.19. The lowest BCUT2D eigenvalue weighted by molar-refractivity contribution is 0.0954. The van der Waals surface area contributed by atoms with E-state index < -0.39 is 17.5 Å². The number of hydrogen-bond donors (Lipinski definition) is 1. The van der Waals surface area contributed by atoms with Crippen molar-refractivity contribution in [2.75, 3.05) is 6.54 Å². The van der Waals surface area contributed by atoms with Gasteiger partial charge in [0, 0.05) is 29.1 Å². The third-order valence-corrected chi connectivity index (χ3v) is 4.59. The van der Waals surface area contributed by atoms with E-state index in [1.807, 2.05) is 0 Å².